The van der Waals surface area contributed by atoms with Crippen molar-refractivity contribution in [2.75, 3.05) is 26.0 Å². The van der Waals surface area contributed by atoms with Gasteiger partial charge in [0.15, 0.2) is 6.19 Å². The number of carbonyl (C=O) groups is 2. The molecule has 0 bridgehead atoms. The van der Waals surface area contributed by atoms with Gasteiger partial charge in [0.05, 0.1) is 0 Å². The van der Waals surface area contributed by atoms with E-state index in [0.29, 0.717) is 18.4 Å². The summed E-state index contributed by atoms with van der Waals surface area (Å²) < 4.78 is 0. The second-order valence-corrected chi connectivity index (χ2v) is 6.50. The van der Waals surface area contributed by atoms with Crippen LogP contribution in [0.15, 0.2) is 24.3 Å². The van der Waals surface area contributed by atoms with Crippen LogP contribution in [0.4, 0.5) is 5.69 Å². The summed E-state index contributed by atoms with van der Waals surface area (Å²) in [6, 6.07) is 7.23. The highest BCUT2D eigenvalue weighted by molar-refractivity contribution is 5.99. The van der Waals surface area contributed by atoms with Crippen LogP contribution in [0.1, 0.15) is 42.5 Å². The molecule has 1 aliphatic rings. The van der Waals surface area contributed by atoms with Gasteiger partial charge in [-0.2, -0.15) is 5.26 Å². The Morgan fingerprint density at radius 2 is 1.67 bits per heavy atom. The van der Waals surface area contributed by atoms with Crippen LogP contribution in [0.5, 0.6) is 0 Å². The molecule has 1 N–H and O–H groups in total. The molecular formula is C18H24N4O2. The molecule has 0 aliphatic heterocycles. The van der Waals surface area contributed by atoms with Gasteiger partial charge in [0, 0.05) is 32.4 Å². The topological polar surface area (TPSA) is 76.4 Å². The molecule has 1 aliphatic carbocycles. The first-order valence-electron chi connectivity index (χ1n) is 8.17. The summed E-state index contributed by atoms with van der Waals surface area (Å²) >= 11 is 0. The molecule has 1 aromatic carbocycles. The van der Waals surface area contributed by atoms with Crippen LogP contribution in [0.3, 0.4) is 0 Å². The highest BCUT2D eigenvalue weighted by atomic mass is 16.2. The van der Waals surface area contributed by atoms with Gasteiger partial charge in [-0.3, -0.25) is 14.5 Å². The maximum atomic E-state index is 12.6. The van der Waals surface area contributed by atoms with Crippen LogP contribution in [-0.4, -0.2) is 43.4 Å². The molecule has 6 nitrogen and oxygen atoms in total. The van der Waals surface area contributed by atoms with Crippen LogP contribution in [0.25, 0.3) is 0 Å². The van der Waals surface area contributed by atoms with Crippen molar-refractivity contribution >= 4 is 17.5 Å². The molecule has 1 aromatic rings. The number of benzene rings is 1. The van der Waals surface area contributed by atoms with Crippen molar-refractivity contribution < 1.29 is 9.59 Å². The predicted octanol–water partition coefficient (Wildman–Crippen LogP) is 2.12. The number of hydrogen-bond acceptors (Lipinski definition) is 4. The quantitative estimate of drug-likeness (QED) is 0.678. The number of amides is 2. The van der Waals surface area contributed by atoms with E-state index in [1.807, 2.05) is 37.3 Å². The Labute approximate surface area is 143 Å². The monoisotopic (exact) mass is 328 g/mol. The summed E-state index contributed by atoms with van der Waals surface area (Å²) in [6.07, 6.45) is 5.76. The molecule has 0 aromatic heterocycles. The summed E-state index contributed by atoms with van der Waals surface area (Å²) in [5.41, 5.74) is 0.539. The van der Waals surface area contributed by atoms with E-state index in [1.54, 1.807) is 12.1 Å². The first-order chi connectivity index (χ1) is 11.4. The van der Waals surface area contributed by atoms with Crippen molar-refractivity contribution in [3.05, 3.63) is 29.8 Å². The van der Waals surface area contributed by atoms with Crippen LogP contribution < -0.4 is 10.2 Å². The van der Waals surface area contributed by atoms with Crippen molar-refractivity contribution in [1.29, 1.82) is 5.26 Å². The minimum absolute atomic E-state index is 0.276. The molecule has 6 heteroatoms. The molecule has 2 rings (SSSR count). The van der Waals surface area contributed by atoms with Gasteiger partial charge in [-0.15, -0.1) is 0 Å². The molecule has 0 heterocycles. The fourth-order valence-electron chi connectivity index (χ4n) is 3.11. The Bertz CT molecular complexity index is 640. The van der Waals surface area contributed by atoms with Crippen LogP contribution in [0, 0.1) is 11.5 Å². The van der Waals surface area contributed by atoms with Gasteiger partial charge < -0.3 is 10.2 Å². The summed E-state index contributed by atoms with van der Waals surface area (Å²) in [4.78, 5) is 28.2. The van der Waals surface area contributed by atoms with E-state index in [1.165, 1.54) is 7.05 Å². The van der Waals surface area contributed by atoms with E-state index < -0.39 is 5.54 Å². The molecule has 1 fully saturated rings. The molecule has 0 atom stereocenters. The first kappa shape index (κ1) is 17.8. The fourth-order valence-corrected chi connectivity index (χ4v) is 3.11. The third kappa shape index (κ3) is 3.67. The Kier molecular flexibility index (Phi) is 5.45. The molecule has 1 saturated carbocycles. The van der Waals surface area contributed by atoms with Gasteiger partial charge in [0.25, 0.3) is 11.8 Å². The van der Waals surface area contributed by atoms with E-state index in [9.17, 15) is 9.59 Å². The molecule has 2 amide bonds. The van der Waals surface area contributed by atoms with Crippen molar-refractivity contribution in [1.82, 2.24) is 10.2 Å². The third-order valence-electron chi connectivity index (χ3n) is 4.57. The minimum atomic E-state index is -0.972. The van der Waals surface area contributed by atoms with Crippen molar-refractivity contribution in [3.63, 3.8) is 0 Å². The molecule has 24 heavy (non-hydrogen) atoms. The zero-order valence-electron chi connectivity index (χ0n) is 14.5. The Morgan fingerprint density at radius 1 is 1.08 bits per heavy atom. The summed E-state index contributed by atoms with van der Waals surface area (Å²) in [6.45, 7) is 0. The van der Waals surface area contributed by atoms with E-state index >= 15 is 0 Å². The highest BCUT2D eigenvalue weighted by Gasteiger charge is 2.42. The number of nitriles is 1. The maximum Gasteiger partial charge on any atom is 0.261 e. The summed E-state index contributed by atoms with van der Waals surface area (Å²) in [5.74, 6) is -0.607. The number of nitrogens with zero attached hydrogens (tertiary/aromatic N) is 3. The Hall–Kier alpha value is -2.55. The zero-order valence-corrected chi connectivity index (χ0v) is 14.5. The standard InChI is InChI=1S/C18H24N4O2/c1-21(2)15-9-7-14(8-10-15)16(23)20-18(11-5-4-6-12-18)17(24)22(3)13-19/h7-10H,4-6,11-12H2,1-3H3,(H,20,23). The van der Waals surface area contributed by atoms with Crippen molar-refractivity contribution in [2.24, 2.45) is 0 Å². The largest absolute Gasteiger partial charge is 0.378 e. The number of anilines is 1. The van der Waals surface area contributed by atoms with Gasteiger partial charge >= 0.3 is 0 Å². The average Bonchev–Trinajstić information content (AvgIpc) is 2.61. The summed E-state index contributed by atoms with van der Waals surface area (Å²) in [7, 11) is 5.31. The molecule has 0 saturated heterocycles. The highest BCUT2D eigenvalue weighted by Crippen LogP contribution is 2.30. The lowest BCUT2D eigenvalue weighted by atomic mass is 9.80. The third-order valence-corrected chi connectivity index (χ3v) is 4.57. The summed E-state index contributed by atoms with van der Waals surface area (Å²) in [5, 5.41) is 11.9. The van der Waals surface area contributed by atoms with Gasteiger partial charge in [-0.25, -0.2) is 0 Å². The molecule has 128 valence electrons. The van der Waals surface area contributed by atoms with Gasteiger partial charge in [0.2, 0.25) is 0 Å². The fraction of sp³-hybridized carbons (Fsp3) is 0.500. The lowest BCUT2D eigenvalue weighted by Gasteiger charge is -2.37. The van der Waals surface area contributed by atoms with Crippen LogP contribution >= 0.6 is 0 Å². The maximum absolute atomic E-state index is 12.6. The number of rotatable bonds is 4. The van der Waals surface area contributed by atoms with E-state index in [0.717, 1.165) is 29.8 Å². The molecule has 0 radical (unpaired) electrons. The van der Waals surface area contributed by atoms with E-state index in [4.69, 9.17) is 5.26 Å². The lowest BCUT2D eigenvalue weighted by molar-refractivity contribution is -0.135. The smallest absolute Gasteiger partial charge is 0.261 e. The van der Waals surface area contributed by atoms with E-state index in [2.05, 4.69) is 5.32 Å². The first-order valence-corrected chi connectivity index (χ1v) is 8.17. The average molecular weight is 328 g/mol. The van der Waals surface area contributed by atoms with E-state index in [-0.39, 0.29) is 11.8 Å². The van der Waals surface area contributed by atoms with Crippen LogP contribution in [-0.2, 0) is 4.79 Å². The Morgan fingerprint density at radius 3 is 2.17 bits per heavy atom. The number of likely N-dealkylation sites (N-methyl/N-ethyl adjacent to an activating group) is 1. The Balaban J connectivity index is 2.21. The second kappa shape index (κ2) is 7.35. The van der Waals surface area contributed by atoms with Gasteiger partial charge in [0.1, 0.15) is 5.54 Å². The van der Waals surface area contributed by atoms with Gasteiger partial charge in [-0.05, 0) is 37.1 Å². The molecular weight excluding hydrogens is 304 g/mol. The number of nitrogens with one attached hydrogen (secondary N) is 1. The SMILES string of the molecule is CN(C#N)C(=O)C1(NC(=O)c2ccc(N(C)C)cc2)CCCCC1. The van der Waals surface area contributed by atoms with Crippen molar-refractivity contribution in [3.8, 4) is 6.19 Å². The second-order valence-electron chi connectivity index (χ2n) is 6.50. The number of carbonyl (C=O) groups excluding carboxylic acids is 2. The van der Waals surface area contributed by atoms with Gasteiger partial charge in [-0.1, -0.05) is 19.3 Å². The number of hydrogen-bond donors (Lipinski definition) is 1. The minimum Gasteiger partial charge on any atom is -0.378 e. The normalized spacial score (nSPS) is 15.9. The zero-order chi connectivity index (χ0) is 17.7. The predicted molar refractivity (Wildman–Crippen MR) is 92.4 cm³/mol. The lowest BCUT2D eigenvalue weighted by Crippen LogP contribution is -2.59. The molecule has 0 unspecified atom stereocenters. The molecule has 0 spiro atoms. The van der Waals surface area contributed by atoms with Crippen LogP contribution in [0.2, 0.25) is 0 Å². The van der Waals surface area contributed by atoms with Crippen molar-refractivity contribution in [2.45, 2.75) is 37.6 Å².